The van der Waals surface area contributed by atoms with E-state index in [1.807, 2.05) is 51.2 Å². The van der Waals surface area contributed by atoms with Crippen molar-refractivity contribution in [3.63, 3.8) is 0 Å². The fourth-order valence-corrected chi connectivity index (χ4v) is 5.78. The summed E-state index contributed by atoms with van der Waals surface area (Å²) in [5, 5.41) is 30.6. The van der Waals surface area contributed by atoms with E-state index in [9.17, 15) is 24.6 Å². The van der Waals surface area contributed by atoms with E-state index in [4.69, 9.17) is 6.42 Å². The van der Waals surface area contributed by atoms with Crippen molar-refractivity contribution in [2.75, 3.05) is 27.2 Å². The van der Waals surface area contributed by atoms with Crippen molar-refractivity contribution in [1.82, 2.24) is 20.9 Å². The van der Waals surface area contributed by atoms with Crippen LogP contribution in [0.4, 0.5) is 0 Å². The van der Waals surface area contributed by atoms with Crippen molar-refractivity contribution in [3.05, 3.63) is 35.9 Å². The van der Waals surface area contributed by atoms with Gasteiger partial charge in [0, 0.05) is 33.0 Å². The van der Waals surface area contributed by atoms with Gasteiger partial charge in [-0.3, -0.25) is 14.4 Å². The molecule has 1 aromatic carbocycles. The summed E-state index contributed by atoms with van der Waals surface area (Å²) in [5.41, 5.74) is 0.904. The molecule has 5 N–H and O–H groups in total. The molecule has 1 aliphatic carbocycles. The summed E-state index contributed by atoms with van der Waals surface area (Å²) in [6, 6.07) is 7.73. The van der Waals surface area contributed by atoms with Crippen molar-refractivity contribution >= 4 is 17.7 Å². The van der Waals surface area contributed by atoms with Gasteiger partial charge < -0.3 is 31.1 Å². The molecule has 5 atom stereocenters. The smallest absolute Gasteiger partial charge is 0.243 e. The molecule has 1 aromatic rings. The number of hydrogen-bond donors (Lipinski definition) is 5. The van der Waals surface area contributed by atoms with Gasteiger partial charge in [-0.25, -0.2) is 0 Å². The lowest BCUT2D eigenvalue weighted by Gasteiger charge is -2.33. The van der Waals surface area contributed by atoms with Gasteiger partial charge in [-0.2, -0.15) is 0 Å². The van der Waals surface area contributed by atoms with Crippen LogP contribution < -0.4 is 16.0 Å². The first-order chi connectivity index (χ1) is 20.5. The van der Waals surface area contributed by atoms with Gasteiger partial charge >= 0.3 is 0 Å². The minimum absolute atomic E-state index is 0.0181. The van der Waals surface area contributed by atoms with Crippen LogP contribution in [0.1, 0.15) is 77.2 Å². The number of carbonyl (C=O) groups is 3. The quantitative estimate of drug-likeness (QED) is 0.165. The van der Waals surface area contributed by atoms with Crippen molar-refractivity contribution in [3.8, 4) is 12.3 Å². The molecule has 0 spiro atoms. The molecule has 1 unspecified atom stereocenters. The van der Waals surface area contributed by atoms with E-state index in [2.05, 4.69) is 21.9 Å². The van der Waals surface area contributed by atoms with Crippen LogP contribution in [-0.2, 0) is 20.8 Å². The molecule has 240 valence electrons. The number of rotatable bonds is 18. The van der Waals surface area contributed by atoms with Crippen molar-refractivity contribution in [2.45, 2.75) is 102 Å². The summed E-state index contributed by atoms with van der Waals surface area (Å²) in [6.45, 7) is 5.07. The zero-order chi connectivity index (χ0) is 31.8. The Bertz CT molecular complexity index is 1020. The van der Waals surface area contributed by atoms with Crippen LogP contribution >= 0.6 is 0 Å². The Morgan fingerprint density at radius 3 is 2.33 bits per heavy atom. The molecule has 9 heteroatoms. The van der Waals surface area contributed by atoms with Crippen molar-refractivity contribution in [1.29, 1.82) is 0 Å². The second kappa shape index (κ2) is 19.4. The van der Waals surface area contributed by atoms with Crippen LogP contribution in [0.3, 0.4) is 0 Å². The van der Waals surface area contributed by atoms with Crippen molar-refractivity contribution < 1.29 is 24.6 Å². The second-order valence-corrected chi connectivity index (χ2v) is 12.5. The number of likely N-dealkylation sites (N-methyl/N-ethyl adjacent to an activating group) is 2. The van der Waals surface area contributed by atoms with Gasteiger partial charge in [-0.15, -0.1) is 12.3 Å². The summed E-state index contributed by atoms with van der Waals surface area (Å²) in [4.78, 5) is 41.8. The van der Waals surface area contributed by atoms with E-state index in [0.29, 0.717) is 38.3 Å². The monoisotopic (exact) mass is 598 g/mol. The first kappa shape index (κ1) is 36.3. The number of benzene rings is 1. The van der Waals surface area contributed by atoms with E-state index in [0.717, 1.165) is 31.2 Å². The molecule has 0 aliphatic heterocycles. The zero-order valence-corrected chi connectivity index (χ0v) is 26.6. The molecule has 1 saturated carbocycles. The Morgan fingerprint density at radius 2 is 1.72 bits per heavy atom. The SMILES string of the molecule is C#CC[C@H](NC(=O)[C@@H](CC(=O)N(C)CCNC)Cc1ccccc1)C(=O)NC(CC1CCCCC1)[C@@H](O)[C@@H](O)CC(C)C. The van der Waals surface area contributed by atoms with Gasteiger partial charge in [0.05, 0.1) is 18.1 Å². The Balaban J connectivity index is 2.21. The molecule has 0 aromatic heterocycles. The maximum atomic E-state index is 13.6. The van der Waals surface area contributed by atoms with E-state index in [1.54, 1.807) is 11.9 Å². The summed E-state index contributed by atoms with van der Waals surface area (Å²) in [6.07, 6.45) is 10.1. The molecule has 2 rings (SSSR count). The van der Waals surface area contributed by atoms with E-state index in [1.165, 1.54) is 6.42 Å². The van der Waals surface area contributed by atoms with Gasteiger partial charge in [0.25, 0.3) is 0 Å². The molecule has 0 heterocycles. The standard InChI is InChI=1S/C34H54N4O5/c1-6-13-28(34(43)37-29(22-26-16-11-8-12-17-26)32(41)30(39)20-24(2)3)36-33(42)27(21-25-14-9-7-10-15-25)23-31(40)38(5)19-18-35-4/h1,7,9-10,14-15,24,26-30,32,35,39,41H,8,11-13,16-23H2,2-5H3,(H,36,42)(H,37,43)/t27-,28+,29?,30+,32-/m1/s1. The number of aliphatic hydroxyl groups excluding tert-OH is 2. The highest BCUT2D eigenvalue weighted by molar-refractivity contribution is 5.91. The number of amides is 3. The van der Waals surface area contributed by atoms with E-state index < -0.39 is 42.0 Å². The van der Waals surface area contributed by atoms with Crippen LogP contribution in [0.2, 0.25) is 0 Å². The second-order valence-electron chi connectivity index (χ2n) is 12.5. The van der Waals surface area contributed by atoms with Gasteiger partial charge in [-0.1, -0.05) is 76.3 Å². The van der Waals surface area contributed by atoms with Crippen LogP contribution in [0.5, 0.6) is 0 Å². The topological polar surface area (TPSA) is 131 Å². The number of nitrogens with one attached hydrogen (secondary N) is 3. The lowest BCUT2D eigenvalue weighted by Crippen LogP contribution is -2.56. The third-order valence-electron chi connectivity index (χ3n) is 8.35. The first-order valence-electron chi connectivity index (χ1n) is 15.9. The Kier molecular flexibility index (Phi) is 16.3. The summed E-state index contributed by atoms with van der Waals surface area (Å²) in [7, 11) is 3.52. The molecular formula is C34H54N4O5. The van der Waals surface area contributed by atoms with Gasteiger partial charge in [0.2, 0.25) is 17.7 Å². The maximum Gasteiger partial charge on any atom is 0.243 e. The minimum Gasteiger partial charge on any atom is -0.390 e. The highest BCUT2D eigenvalue weighted by atomic mass is 16.3. The van der Waals surface area contributed by atoms with Crippen LogP contribution in [0, 0.1) is 30.1 Å². The number of aliphatic hydroxyl groups is 2. The molecule has 43 heavy (non-hydrogen) atoms. The highest BCUT2D eigenvalue weighted by Crippen LogP contribution is 2.29. The molecule has 1 aliphatic rings. The van der Waals surface area contributed by atoms with Crippen molar-refractivity contribution in [2.24, 2.45) is 17.8 Å². The van der Waals surface area contributed by atoms with Gasteiger partial charge in [0.15, 0.2) is 0 Å². The minimum atomic E-state index is -1.15. The Morgan fingerprint density at radius 1 is 1.05 bits per heavy atom. The highest BCUT2D eigenvalue weighted by Gasteiger charge is 2.34. The lowest BCUT2D eigenvalue weighted by molar-refractivity contribution is -0.136. The lowest BCUT2D eigenvalue weighted by atomic mass is 9.82. The molecule has 0 radical (unpaired) electrons. The van der Waals surface area contributed by atoms with E-state index in [-0.39, 0.29) is 24.7 Å². The fraction of sp³-hybridized carbons (Fsp3) is 0.676. The van der Waals surface area contributed by atoms with Gasteiger partial charge in [-0.05, 0) is 43.7 Å². The number of hydrogen-bond acceptors (Lipinski definition) is 6. The third kappa shape index (κ3) is 13.1. The summed E-state index contributed by atoms with van der Waals surface area (Å²) < 4.78 is 0. The van der Waals surface area contributed by atoms with E-state index >= 15 is 0 Å². The Hall–Kier alpha value is -2.93. The normalized spacial score (nSPS) is 17.3. The molecule has 3 amide bonds. The molecule has 1 fully saturated rings. The van der Waals surface area contributed by atoms with Gasteiger partial charge in [0.1, 0.15) is 12.1 Å². The maximum absolute atomic E-state index is 13.6. The number of terminal acetylenes is 1. The molecule has 0 bridgehead atoms. The number of carbonyl (C=O) groups excluding carboxylic acids is 3. The average molecular weight is 599 g/mol. The number of nitrogens with zero attached hydrogens (tertiary/aromatic N) is 1. The molecule has 9 nitrogen and oxygen atoms in total. The summed E-state index contributed by atoms with van der Waals surface area (Å²) in [5.74, 6) is 1.18. The fourth-order valence-electron chi connectivity index (χ4n) is 5.78. The predicted octanol–water partition coefficient (Wildman–Crippen LogP) is 2.64. The van der Waals surface area contributed by atoms with Crippen LogP contribution in [0.25, 0.3) is 0 Å². The molecular weight excluding hydrogens is 544 g/mol. The zero-order valence-electron chi connectivity index (χ0n) is 26.6. The first-order valence-corrected chi connectivity index (χ1v) is 15.9. The Labute approximate surface area is 258 Å². The largest absolute Gasteiger partial charge is 0.390 e. The van der Waals surface area contributed by atoms with Crippen LogP contribution in [-0.4, -0.2) is 84.3 Å². The third-order valence-corrected chi connectivity index (χ3v) is 8.35. The average Bonchev–Trinajstić information content (AvgIpc) is 2.99. The predicted molar refractivity (Wildman–Crippen MR) is 170 cm³/mol. The van der Waals surface area contributed by atoms with Crippen LogP contribution in [0.15, 0.2) is 30.3 Å². The summed E-state index contributed by atoms with van der Waals surface area (Å²) >= 11 is 0. The molecule has 0 saturated heterocycles.